The predicted octanol–water partition coefficient (Wildman–Crippen LogP) is 2.37. The third-order valence-electron chi connectivity index (χ3n) is 4.01. The van der Waals surface area contributed by atoms with Crippen LogP contribution in [0.4, 0.5) is 0 Å². The Morgan fingerprint density at radius 2 is 2.00 bits per heavy atom. The summed E-state index contributed by atoms with van der Waals surface area (Å²) in [7, 11) is 3.91. The van der Waals surface area contributed by atoms with Crippen LogP contribution in [0.25, 0.3) is 0 Å². The summed E-state index contributed by atoms with van der Waals surface area (Å²) in [5.74, 6) is 1.55. The van der Waals surface area contributed by atoms with Gasteiger partial charge in [0.2, 0.25) is 0 Å². The van der Waals surface area contributed by atoms with E-state index in [9.17, 15) is 0 Å². The lowest BCUT2D eigenvalue weighted by Crippen LogP contribution is -2.44. The lowest BCUT2D eigenvalue weighted by atomic mass is 9.84. The first-order valence-corrected chi connectivity index (χ1v) is 7.56. The van der Waals surface area contributed by atoms with Gasteiger partial charge in [-0.3, -0.25) is 0 Å². The number of ether oxygens (including phenoxy) is 1. The highest BCUT2D eigenvalue weighted by atomic mass is 16.5. The molecule has 0 radical (unpaired) electrons. The van der Waals surface area contributed by atoms with Crippen molar-refractivity contribution in [2.45, 2.75) is 45.6 Å². The van der Waals surface area contributed by atoms with E-state index >= 15 is 0 Å². The van der Waals surface area contributed by atoms with Crippen LogP contribution in [0.3, 0.4) is 0 Å². The van der Waals surface area contributed by atoms with Gasteiger partial charge >= 0.3 is 0 Å². The Morgan fingerprint density at radius 1 is 1.28 bits per heavy atom. The normalized spacial score (nSPS) is 25.0. The van der Waals surface area contributed by atoms with E-state index < -0.39 is 0 Å². The third kappa shape index (κ3) is 5.68. The lowest BCUT2D eigenvalue weighted by molar-refractivity contribution is 0.112. The molecular formula is C15H32N2O. The molecule has 1 saturated carbocycles. The van der Waals surface area contributed by atoms with Crippen LogP contribution in [0.2, 0.25) is 0 Å². The standard InChI is InChI=1S/C15H32N2O/c1-13(2)11-17(9-10-18-4)12-14-7-5-6-8-15(14)16-3/h13-16H,5-12H2,1-4H3. The van der Waals surface area contributed by atoms with Gasteiger partial charge in [0.1, 0.15) is 0 Å². The molecule has 0 aliphatic heterocycles. The second-order valence-corrected chi connectivity index (χ2v) is 6.09. The van der Waals surface area contributed by atoms with E-state index in [1.165, 1.54) is 38.8 Å². The number of rotatable bonds is 8. The Kier molecular flexibility index (Phi) is 7.87. The maximum absolute atomic E-state index is 5.24. The number of hydrogen-bond acceptors (Lipinski definition) is 3. The van der Waals surface area contributed by atoms with Gasteiger partial charge in [0.15, 0.2) is 0 Å². The molecule has 2 unspecified atom stereocenters. The molecule has 108 valence electrons. The Labute approximate surface area is 113 Å². The van der Waals surface area contributed by atoms with Gasteiger partial charge in [-0.1, -0.05) is 26.7 Å². The van der Waals surface area contributed by atoms with E-state index in [1.54, 1.807) is 7.11 Å². The van der Waals surface area contributed by atoms with Gasteiger partial charge in [0.25, 0.3) is 0 Å². The van der Waals surface area contributed by atoms with Gasteiger partial charge in [-0.25, -0.2) is 0 Å². The molecule has 0 amide bonds. The lowest BCUT2D eigenvalue weighted by Gasteiger charge is -2.36. The highest BCUT2D eigenvalue weighted by Crippen LogP contribution is 2.25. The summed E-state index contributed by atoms with van der Waals surface area (Å²) >= 11 is 0. The van der Waals surface area contributed by atoms with E-state index in [1.807, 2.05) is 0 Å². The summed E-state index contributed by atoms with van der Waals surface area (Å²) in [6.45, 7) is 8.95. The Balaban J connectivity index is 2.45. The number of hydrogen-bond donors (Lipinski definition) is 1. The van der Waals surface area contributed by atoms with Gasteiger partial charge in [-0.15, -0.1) is 0 Å². The molecule has 1 fully saturated rings. The van der Waals surface area contributed by atoms with Crippen molar-refractivity contribution in [1.82, 2.24) is 10.2 Å². The largest absolute Gasteiger partial charge is 0.383 e. The molecule has 1 rings (SSSR count). The highest BCUT2D eigenvalue weighted by Gasteiger charge is 2.25. The van der Waals surface area contributed by atoms with Crippen LogP contribution >= 0.6 is 0 Å². The summed E-state index contributed by atoms with van der Waals surface area (Å²) in [5, 5.41) is 3.51. The average Bonchev–Trinajstić information content (AvgIpc) is 2.36. The third-order valence-corrected chi connectivity index (χ3v) is 4.01. The maximum Gasteiger partial charge on any atom is 0.0589 e. The number of nitrogens with zero attached hydrogens (tertiary/aromatic N) is 1. The Morgan fingerprint density at radius 3 is 2.61 bits per heavy atom. The predicted molar refractivity (Wildman–Crippen MR) is 78.0 cm³/mol. The average molecular weight is 256 g/mol. The second kappa shape index (κ2) is 8.89. The van der Waals surface area contributed by atoms with E-state index in [0.717, 1.165) is 31.0 Å². The second-order valence-electron chi connectivity index (χ2n) is 6.09. The minimum Gasteiger partial charge on any atom is -0.383 e. The summed E-state index contributed by atoms with van der Waals surface area (Å²) in [5.41, 5.74) is 0. The fourth-order valence-electron chi connectivity index (χ4n) is 3.13. The molecular weight excluding hydrogens is 224 g/mol. The summed E-state index contributed by atoms with van der Waals surface area (Å²) in [4.78, 5) is 2.59. The van der Waals surface area contributed by atoms with Crippen LogP contribution < -0.4 is 5.32 Å². The van der Waals surface area contributed by atoms with Crippen LogP contribution in [-0.2, 0) is 4.74 Å². The Hall–Kier alpha value is -0.120. The smallest absolute Gasteiger partial charge is 0.0589 e. The molecule has 2 atom stereocenters. The van der Waals surface area contributed by atoms with Gasteiger partial charge in [0, 0.05) is 32.8 Å². The van der Waals surface area contributed by atoms with Crippen molar-refractivity contribution < 1.29 is 4.74 Å². The number of methoxy groups -OCH3 is 1. The zero-order valence-electron chi connectivity index (χ0n) is 12.7. The van der Waals surface area contributed by atoms with Crippen molar-refractivity contribution >= 4 is 0 Å². The van der Waals surface area contributed by atoms with Gasteiger partial charge in [-0.05, 0) is 31.7 Å². The highest BCUT2D eigenvalue weighted by molar-refractivity contribution is 4.82. The molecule has 1 aliphatic rings. The van der Waals surface area contributed by atoms with E-state index in [2.05, 4.69) is 31.1 Å². The summed E-state index contributed by atoms with van der Waals surface area (Å²) in [6, 6.07) is 0.718. The van der Waals surface area contributed by atoms with Gasteiger partial charge in [0.05, 0.1) is 6.61 Å². The first kappa shape index (κ1) is 15.9. The summed E-state index contributed by atoms with van der Waals surface area (Å²) in [6.07, 6.45) is 5.53. The van der Waals surface area contributed by atoms with Crippen LogP contribution in [0, 0.1) is 11.8 Å². The van der Waals surface area contributed by atoms with Crippen molar-refractivity contribution in [2.24, 2.45) is 11.8 Å². The SMILES string of the molecule is CNC1CCCCC1CN(CCOC)CC(C)C. The molecule has 18 heavy (non-hydrogen) atoms. The van der Waals surface area contributed by atoms with Gasteiger partial charge in [-0.2, -0.15) is 0 Å². The minimum atomic E-state index is 0.718. The topological polar surface area (TPSA) is 24.5 Å². The molecule has 0 aromatic heterocycles. The molecule has 0 spiro atoms. The van der Waals surface area contributed by atoms with Crippen LogP contribution in [-0.4, -0.2) is 51.3 Å². The fraction of sp³-hybridized carbons (Fsp3) is 1.00. The van der Waals surface area contributed by atoms with Crippen molar-refractivity contribution in [3.05, 3.63) is 0 Å². The van der Waals surface area contributed by atoms with Crippen molar-refractivity contribution in [1.29, 1.82) is 0 Å². The quantitative estimate of drug-likeness (QED) is 0.721. The molecule has 0 aromatic carbocycles. The molecule has 3 nitrogen and oxygen atoms in total. The van der Waals surface area contributed by atoms with Crippen molar-refractivity contribution in [3.8, 4) is 0 Å². The first-order chi connectivity index (χ1) is 8.67. The molecule has 0 aromatic rings. The zero-order valence-corrected chi connectivity index (χ0v) is 12.7. The van der Waals surface area contributed by atoms with E-state index in [0.29, 0.717) is 0 Å². The maximum atomic E-state index is 5.24. The van der Waals surface area contributed by atoms with Crippen LogP contribution in [0.1, 0.15) is 39.5 Å². The molecule has 0 saturated heterocycles. The van der Waals surface area contributed by atoms with Crippen LogP contribution in [0.15, 0.2) is 0 Å². The van der Waals surface area contributed by atoms with E-state index in [-0.39, 0.29) is 0 Å². The van der Waals surface area contributed by atoms with E-state index in [4.69, 9.17) is 4.74 Å². The molecule has 0 heterocycles. The Bertz CT molecular complexity index is 209. The molecule has 1 N–H and O–H groups in total. The van der Waals surface area contributed by atoms with Crippen molar-refractivity contribution in [3.63, 3.8) is 0 Å². The molecule has 3 heteroatoms. The van der Waals surface area contributed by atoms with Gasteiger partial charge < -0.3 is 15.0 Å². The monoisotopic (exact) mass is 256 g/mol. The minimum absolute atomic E-state index is 0.718. The fourth-order valence-corrected chi connectivity index (χ4v) is 3.13. The summed E-state index contributed by atoms with van der Waals surface area (Å²) < 4.78 is 5.24. The van der Waals surface area contributed by atoms with Crippen LogP contribution in [0.5, 0.6) is 0 Å². The molecule has 1 aliphatic carbocycles. The zero-order chi connectivity index (χ0) is 13.4. The van der Waals surface area contributed by atoms with Crippen molar-refractivity contribution in [2.75, 3.05) is 40.4 Å². The molecule has 0 bridgehead atoms. The first-order valence-electron chi connectivity index (χ1n) is 7.56. The number of nitrogens with one attached hydrogen (secondary N) is 1.